The molecule has 1 saturated heterocycles. The van der Waals surface area contributed by atoms with E-state index >= 15 is 0 Å². The molecule has 1 fully saturated rings. The Labute approximate surface area is 105 Å². The Morgan fingerprint density at radius 3 is 3.33 bits per heavy atom. The van der Waals surface area contributed by atoms with E-state index in [0.717, 1.165) is 0 Å². The predicted molar refractivity (Wildman–Crippen MR) is 62.9 cm³/mol. The van der Waals surface area contributed by atoms with Crippen LogP contribution in [0.2, 0.25) is 0 Å². The molecule has 1 aliphatic rings. The highest BCUT2D eigenvalue weighted by Gasteiger charge is 2.27. The highest BCUT2D eigenvalue weighted by molar-refractivity contribution is 8.00. The number of hydrogen-bond donors (Lipinski definition) is 2. The molecule has 0 amide bonds. The summed E-state index contributed by atoms with van der Waals surface area (Å²) in [5, 5.41) is 8.94. The molecule has 1 aliphatic heterocycles. The minimum Gasteiger partial charge on any atom is -0.393 e. The van der Waals surface area contributed by atoms with E-state index in [-0.39, 0.29) is 23.1 Å². The van der Waals surface area contributed by atoms with Gasteiger partial charge in [-0.2, -0.15) is 0 Å². The van der Waals surface area contributed by atoms with Crippen molar-refractivity contribution in [3.8, 4) is 0 Å². The third-order valence-electron chi connectivity index (χ3n) is 2.41. The molecule has 0 aromatic carbocycles. The van der Waals surface area contributed by atoms with Gasteiger partial charge in [0.15, 0.2) is 5.52 Å². The summed E-state index contributed by atoms with van der Waals surface area (Å²) in [5.74, 6) is 0.591. The molecule has 0 radical (unpaired) electrons. The van der Waals surface area contributed by atoms with Gasteiger partial charge in [-0.25, -0.2) is 9.97 Å². The van der Waals surface area contributed by atoms with Crippen LogP contribution in [-0.4, -0.2) is 48.9 Å². The van der Waals surface area contributed by atoms with E-state index in [4.69, 9.17) is 14.7 Å². The molecule has 3 rings (SSSR count). The maximum atomic E-state index is 11.4. The Balaban J connectivity index is 1.83. The lowest BCUT2D eigenvalue weighted by Crippen LogP contribution is -2.28. The summed E-state index contributed by atoms with van der Waals surface area (Å²) in [5.41, 5.74) is -0.0555. The van der Waals surface area contributed by atoms with Gasteiger partial charge in [0, 0.05) is 0 Å². The van der Waals surface area contributed by atoms with Crippen LogP contribution < -0.4 is 10.4 Å². The highest BCUT2D eigenvalue weighted by atomic mass is 32.2. The van der Waals surface area contributed by atoms with Gasteiger partial charge >= 0.3 is 0 Å². The molecule has 8 nitrogen and oxygen atoms in total. The molecule has 96 valence electrons. The number of hydrogen-bond acceptors (Lipinski definition) is 7. The van der Waals surface area contributed by atoms with Crippen LogP contribution in [0.3, 0.4) is 0 Å². The fourth-order valence-corrected chi connectivity index (χ4v) is 2.43. The minimum atomic E-state index is -0.495. The summed E-state index contributed by atoms with van der Waals surface area (Å²) in [6.45, 7) is -0.0624. The predicted octanol–water partition coefficient (Wildman–Crippen LogP) is -1.04. The molecule has 0 unspecified atom stereocenters. The summed E-state index contributed by atoms with van der Waals surface area (Å²) >= 11 is 1.46. The lowest BCUT2D eigenvalue weighted by atomic mass is 10.5. The maximum Gasteiger partial charge on any atom is 0.279 e. The molecule has 0 bridgehead atoms. The van der Waals surface area contributed by atoms with Gasteiger partial charge in [0.1, 0.15) is 11.8 Å². The molecule has 9 heteroatoms. The minimum absolute atomic E-state index is 0.0624. The van der Waals surface area contributed by atoms with Crippen LogP contribution in [0.15, 0.2) is 17.4 Å². The van der Waals surface area contributed by atoms with E-state index in [1.54, 1.807) is 0 Å². The summed E-state index contributed by atoms with van der Waals surface area (Å²) in [7, 11) is 0. The number of nitrogens with one attached hydrogen (secondary N) is 1. The van der Waals surface area contributed by atoms with E-state index < -0.39 is 6.29 Å². The zero-order valence-electron chi connectivity index (χ0n) is 9.15. The molecule has 2 aromatic rings. The lowest BCUT2D eigenvalue weighted by Gasteiger charge is -2.13. The van der Waals surface area contributed by atoms with Crippen LogP contribution in [-0.2, 0) is 4.74 Å². The van der Waals surface area contributed by atoms with Gasteiger partial charge in [-0.05, 0) is 0 Å². The van der Waals surface area contributed by atoms with Gasteiger partial charge < -0.3 is 19.7 Å². The maximum absolute atomic E-state index is 11.4. The number of aliphatic hydroxyl groups excluding tert-OH is 1. The van der Waals surface area contributed by atoms with E-state index in [0.29, 0.717) is 11.4 Å². The Hall–Kier alpha value is -1.58. The van der Waals surface area contributed by atoms with Crippen LogP contribution in [0, 0.1) is 0 Å². The molecule has 0 saturated carbocycles. The van der Waals surface area contributed by atoms with Crippen LogP contribution in [0.25, 0.3) is 11.2 Å². The van der Waals surface area contributed by atoms with Crippen molar-refractivity contribution >= 4 is 22.9 Å². The summed E-state index contributed by atoms with van der Waals surface area (Å²) in [6.07, 6.45) is 2.16. The summed E-state index contributed by atoms with van der Waals surface area (Å²) < 4.78 is 6.69. The second-order valence-corrected chi connectivity index (χ2v) is 4.78. The number of ether oxygens (including phenoxy) is 1. The number of H-pyrrole nitrogens is 1. The van der Waals surface area contributed by atoms with E-state index in [1.807, 2.05) is 0 Å². The first-order chi connectivity index (χ1) is 8.78. The van der Waals surface area contributed by atoms with Crippen LogP contribution in [0.1, 0.15) is 0 Å². The van der Waals surface area contributed by atoms with Gasteiger partial charge in [0.25, 0.3) is 5.56 Å². The van der Waals surface area contributed by atoms with E-state index in [1.165, 1.54) is 29.1 Å². The van der Waals surface area contributed by atoms with E-state index in [2.05, 4.69) is 15.0 Å². The van der Waals surface area contributed by atoms with Crippen molar-refractivity contribution in [2.24, 2.45) is 0 Å². The SMILES string of the molecule is O=c1[nH]cnc2c1ncn2O[C@H]1CS[C@@H](CO)O1. The number of imidazole rings is 1. The molecule has 0 aliphatic carbocycles. The number of thioether (sulfide) groups is 1. The molecule has 2 atom stereocenters. The van der Waals surface area contributed by atoms with Crippen molar-refractivity contribution in [3.05, 3.63) is 23.0 Å². The second-order valence-electron chi connectivity index (χ2n) is 3.59. The second kappa shape index (κ2) is 4.59. The molecule has 2 aromatic heterocycles. The van der Waals surface area contributed by atoms with Gasteiger partial charge in [-0.3, -0.25) is 4.79 Å². The van der Waals surface area contributed by atoms with Crippen molar-refractivity contribution in [1.29, 1.82) is 0 Å². The Kier molecular flexibility index (Phi) is 2.94. The van der Waals surface area contributed by atoms with Crippen molar-refractivity contribution in [2.75, 3.05) is 12.4 Å². The molecule has 2 N–H and O–H groups in total. The van der Waals surface area contributed by atoms with Crippen LogP contribution >= 0.6 is 11.8 Å². The largest absolute Gasteiger partial charge is 0.393 e. The normalized spacial score (nSPS) is 23.6. The number of nitrogens with zero attached hydrogens (tertiary/aromatic N) is 3. The van der Waals surface area contributed by atoms with Crippen molar-refractivity contribution < 1.29 is 14.7 Å². The van der Waals surface area contributed by atoms with Crippen LogP contribution in [0.5, 0.6) is 0 Å². The fourth-order valence-electron chi connectivity index (χ4n) is 1.61. The molecular formula is C9H10N4O4S. The first kappa shape index (κ1) is 11.5. The van der Waals surface area contributed by atoms with Gasteiger partial charge in [-0.15, -0.1) is 16.5 Å². The van der Waals surface area contributed by atoms with Gasteiger partial charge in [0.2, 0.25) is 11.9 Å². The topological polar surface area (TPSA) is 102 Å². The average Bonchev–Trinajstić information content (AvgIpc) is 2.98. The number of aromatic nitrogens is 4. The summed E-state index contributed by atoms with van der Waals surface area (Å²) in [4.78, 5) is 27.3. The van der Waals surface area contributed by atoms with Crippen LogP contribution in [0.4, 0.5) is 0 Å². The van der Waals surface area contributed by atoms with E-state index in [9.17, 15) is 4.79 Å². The standard InChI is InChI=1S/C9H10N4O4S/c14-1-6-16-5(2-18-6)17-13-4-12-7-8(13)10-3-11-9(7)15/h3-6,14H,1-2H2,(H,10,11,15)/t5-,6-/m0/s1. The third-order valence-corrected chi connectivity index (χ3v) is 3.51. The smallest absolute Gasteiger partial charge is 0.279 e. The molecule has 0 spiro atoms. The quantitative estimate of drug-likeness (QED) is 0.734. The van der Waals surface area contributed by atoms with Crippen molar-refractivity contribution in [1.82, 2.24) is 19.7 Å². The highest BCUT2D eigenvalue weighted by Crippen LogP contribution is 2.24. The monoisotopic (exact) mass is 270 g/mol. The first-order valence-corrected chi connectivity index (χ1v) is 6.28. The average molecular weight is 270 g/mol. The fraction of sp³-hybridized carbons (Fsp3) is 0.444. The van der Waals surface area contributed by atoms with Gasteiger partial charge in [-0.1, -0.05) is 0 Å². The number of rotatable bonds is 3. The van der Waals surface area contributed by atoms with Gasteiger partial charge in [0.05, 0.1) is 18.7 Å². The Bertz CT molecular complexity index is 612. The molecule has 3 heterocycles. The zero-order chi connectivity index (χ0) is 12.5. The Morgan fingerprint density at radius 1 is 1.67 bits per heavy atom. The zero-order valence-corrected chi connectivity index (χ0v) is 9.96. The summed E-state index contributed by atoms with van der Waals surface area (Å²) in [6, 6.07) is 0. The number of fused-ring (bicyclic) bond motifs is 1. The molecular weight excluding hydrogens is 260 g/mol. The third kappa shape index (κ3) is 1.96. The van der Waals surface area contributed by atoms with Crippen molar-refractivity contribution in [3.63, 3.8) is 0 Å². The number of aromatic amines is 1. The first-order valence-electron chi connectivity index (χ1n) is 5.23. The number of aliphatic hydroxyl groups is 1. The lowest BCUT2D eigenvalue weighted by molar-refractivity contribution is -0.132. The Morgan fingerprint density at radius 2 is 2.56 bits per heavy atom. The van der Waals surface area contributed by atoms with Crippen molar-refractivity contribution in [2.45, 2.75) is 11.7 Å². The molecule has 18 heavy (non-hydrogen) atoms.